The maximum atomic E-state index is 17.1. The maximum Gasteiger partial charge on any atom is 0.348 e. The van der Waals surface area contributed by atoms with E-state index in [0.717, 1.165) is 120 Å². The molecule has 7 aromatic rings. The monoisotopic (exact) mass is 1050 g/mol. The fourth-order valence-corrected chi connectivity index (χ4v) is 12.8. The third-order valence-corrected chi connectivity index (χ3v) is 17.2. The average Bonchev–Trinajstić information content (AvgIpc) is 4.13. The van der Waals surface area contributed by atoms with Crippen LogP contribution in [-0.2, 0) is 11.3 Å². The second kappa shape index (κ2) is 21.4. The summed E-state index contributed by atoms with van der Waals surface area (Å²) in [7, 11) is 2.16. The number of piperidine rings is 1. The third kappa shape index (κ3) is 9.93. The first kappa shape index (κ1) is 51.3. The van der Waals surface area contributed by atoms with Crippen LogP contribution in [0.4, 0.5) is 10.2 Å². The van der Waals surface area contributed by atoms with Crippen LogP contribution in [0, 0.1) is 24.1 Å². The highest BCUT2D eigenvalue weighted by atomic mass is 19.1. The predicted molar refractivity (Wildman–Crippen MR) is 298 cm³/mol. The lowest BCUT2D eigenvalue weighted by atomic mass is 9.94. The number of likely N-dealkylation sites (tertiary alicyclic amines) is 2. The van der Waals surface area contributed by atoms with Crippen molar-refractivity contribution in [1.82, 2.24) is 54.6 Å². The number of hydrogen-bond acceptors (Lipinski definition) is 14. The molecule has 12 rings (SSSR count). The summed E-state index contributed by atoms with van der Waals surface area (Å²) in [6, 6.07) is 23.5. The van der Waals surface area contributed by atoms with E-state index in [4.69, 9.17) is 26.1 Å². The number of rotatable bonds is 13. The number of ether oxygens (including phenoxy) is 1. The molecular formula is C60H67FN12O5. The number of nitrogens with one attached hydrogen (secondary N) is 2. The Kier molecular flexibility index (Phi) is 14.1. The number of carbonyl (C=O) groups is 1. The Balaban J connectivity index is 0.639. The minimum atomic E-state index is -0.528. The van der Waals surface area contributed by atoms with Gasteiger partial charge in [0.05, 0.1) is 16.6 Å². The quantitative estimate of drug-likeness (QED) is 0.0877. The van der Waals surface area contributed by atoms with Gasteiger partial charge in [-0.25, -0.2) is 18.9 Å². The van der Waals surface area contributed by atoms with Gasteiger partial charge in [-0.05, 0) is 105 Å². The molecule has 5 aliphatic rings. The molecule has 2 unspecified atom stereocenters. The molecule has 5 saturated heterocycles. The molecule has 18 heteroatoms. The standard InChI is InChI=1S/C60H67FN12O5/c1-5-38-8-6-9-39-10-7-11-46(52(38)39)54-53(61)55-49(30-62-54)56(72-32-41-14-15-42(33-72)63-41)65-59(64-55)78-35-45-19-18-44(68(45)4)34-70-24-26-71(27-25-70)58(76)40-20-22-69(23-21-40)31-37-12-16-43(17-13-37)73-57(66-67-60(73)77)48-28-47(36(2)3)50(74)29-51(48)75/h1,6-13,16-17,28-30,36,40-42,44-45,63,74-75H,14-15,18-27,31-35H2,2-4H3,(H,67,77)/t41?,42?,44-,45+/m1/s1. The normalized spacial score (nSPS) is 21.5. The number of phenols is 2. The second-order valence-corrected chi connectivity index (χ2v) is 22.4. The molecule has 3 aromatic heterocycles. The van der Waals surface area contributed by atoms with Gasteiger partial charge in [0, 0.05) is 111 Å². The van der Waals surface area contributed by atoms with Crippen molar-refractivity contribution >= 4 is 33.4 Å². The molecule has 0 saturated carbocycles. The number of benzene rings is 4. The van der Waals surface area contributed by atoms with Gasteiger partial charge < -0.3 is 30.1 Å². The summed E-state index contributed by atoms with van der Waals surface area (Å²) in [5.41, 5.74) is 3.91. The van der Waals surface area contributed by atoms with E-state index in [9.17, 15) is 19.8 Å². The van der Waals surface area contributed by atoms with Crippen LogP contribution < -0.4 is 20.6 Å². The number of aromatic nitrogens is 6. The van der Waals surface area contributed by atoms with Gasteiger partial charge in [0.15, 0.2) is 11.6 Å². The smallest absolute Gasteiger partial charge is 0.348 e. The Morgan fingerprint density at radius 3 is 2.32 bits per heavy atom. The lowest BCUT2D eigenvalue weighted by Crippen LogP contribution is -2.53. The molecule has 0 radical (unpaired) electrons. The summed E-state index contributed by atoms with van der Waals surface area (Å²) in [4.78, 5) is 53.0. The molecule has 78 heavy (non-hydrogen) atoms. The molecule has 8 heterocycles. The molecule has 4 atom stereocenters. The van der Waals surface area contributed by atoms with E-state index in [1.54, 1.807) is 12.3 Å². The zero-order valence-electron chi connectivity index (χ0n) is 44.5. The summed E-state index contributed by atoms with van der Waals surface area (Å²) in [6.07, 6.45) is 13.4. The van der Waals surface area contributed by atoms with E-state index < -0.39 is 11.5 Å². The lowest BCUT2D eigenvalue weighted by molar-refractivity contribution is -0.139. The maximum absolute atomic E-state index is 17.1. The van der Waals surface area contributed by atoms with E-state index in [0.29, 0.717) is 63.9 Å². The van der Waals surface area contributed by atoms with Gasteiger partial charge in [-0.1, -0.05) is 62.2 Å². The van der Waals surface area contributed by atoms with Crippen molar-refractivity contribution in [2.45, 2.75) is 89.0 Å². The van der Waals surface area contributed by atoms with Crippen LogP contribution in [0.25, 0.3) is 50.0 Å². The molecule has 1 amide bonds. The molecule has 5 aliphatic heterocycles. The number of terminal acetylenes is 1. The van der Waals surface area contributed by atoms with Crippen molar-refractivity contribution in [3.8, 4) is 58.2 Å². The number of pyridine rings is 1. The first-order valence-corrected chi connectivity index (χ1v) is 27.6. The van der Waals surface area contributed by atoms with Crippen LogP contribution in [0.15, 0.2) is 83.8 Å². The number of nitrogens with zero attached hydrogens (tertiary/aromatic N) is 10. The minimum Gasteiger partial charge on any atom is -0.508 e. The van der Waals surface area contributed by atoms with Gasteiger partial charge >= 0.3 is 11.7 Å². The van der Waals surface area contributed by atoms with Gasteiger partial charge in [0.2, 0.25) is 5.91 Å². The van der Waals surface area contributed by atoms with Crippen LogP contribution in [0.5, 0.6) is 17.5 Å². The number of hydrogen-bond donors (Lipinski definition) is 4. The van der Waals surface area contributed by atoms with Gasteiger partial charge in [-0.15, -0.1) is 6.42 Å². The zero-order valence-corrected chi connectivity index (χ0v) is 44.5. The van der Waals surface area contributed by atoms with E-state index in [-0.39, 0.29) is 58.3 Å². The molecule has 5 fully saturated rings. The van der Waals surface area contributed by atoms with Gasteiger partial charge in [-0.3, -0.25) is 24.5 Å². The fraction of sp³-hybridized carbons (Fsp3) is 0.433. The molecule has 0 aliphatic carbocycles. The van der Waals surface area contributed by atoms with Crippen molar-refractivity contribution in [2.75, 3.05) is 77.5 Å². The third-order valence-electron chi connectivity index (χ3n) is 17.2. The van der Waals surface area contributed by atoms with Crippen LogP contribution in [0.1, 0.15) is 75.0 Å². The van der Waals surface area contributed by atoms with Crippen LogP contribution in [-0.4, -0.2) is 162 Å². The summed E-state index contributed by atoms with van der Waals surface area (Å²) in [5.74, 6) is 3.23. The van der Waals surface area contributed by atoms with Crippen molar-refractivity contribution in [3.63, 3.8) is 0 Å². The molecule has 4 N–H and O–H groups in total. The average molecular weight is 1060 g/mol. The molecule has 4 aromatic carbocycles. The molecular weight excluding hydrogens is 988 g/mol. The SMILES string of the molecule is C#Cc1cccc2cccc(-c3ncc4c(N5CC6CCC(C5)N6)nc(OC[C@@H]5CC[C@H](CN6CCN(C(=O)C7CCN(Cc8ccc(-n9c(-c%10cc(C(C)C)c(O)cc%10O)n[nH]c9=O)cc8)CC7)CC6)N5C)nc4c3F)c12. The van der Waals surface area contributed by atoms with Gasteiger partial charge in [-0.2, -0.15) is 15.1 Å². The first-order valence-electron chi connectivity index (χ1n) is 27.6. The number of aromatic hydroxyl groups is 2. The highest BCUT2D eigenvalue weighted by molar-refractivity contribution is 6.02. The van der Waals surface area contributed by atoms with Crippen molar-refractivity contribution in [1.29, 1.82) is 0 Å². The van der Waals surface area contributed by atoms with E-state index in [2.05, 4.69) is 53.0 Å². The number of carbonyl (C=O) groups excluding carboxylic acids is 1. The van der Waals surface area contributed by atoms with Crippen LogP contribution in [0.3, 0.4) is 0 Å². The Labute approximate surface area is 453 Å². The van der Waals surface area contributed by atoms with E-state index in [1.807, 2.05) is 74.5 Å². The number of piperazine rings is 2. The number of anilines is 1. The number of H-pyrrole nitrogens is 1. The Morgan fingerprint density at radius 2 is 1.59 bits per heavy atom. The molecule has 0 spiro atoms. The number of halogens is 1. The highest BCUT2D eigenvalue weighted by Crippen LogP contribution is 2.39. The largest absolute Gasteiger partial charge is 0.508 e. The Bertz CT molecular complexity index is 3470. The zero-order chi connectivity index (χ0) is 53.8. The Hall–Kier alpha value is -7.43. The topological polar surface area (TPSA) is 184 Å². The summed E-state index contributed by atoms with van der Waals surface area (Å²) in [5, 5.41) is 33.8. The highest BCUT2D eigenvalue weighted by Gasteiger charge is 2.37. The van der Waals surface area contributed by atoms with Gasteiger partial charge in [0.1, 0.15) is 35.1 Å². The Morgan fingerprint density at radius 1 is 0.859 bits per heavy atom. The summed E-state index contributed by atoms with van der Waals surface area (Å²) >= 11 is 0. The van der Waals surface area contributed by atoms with E-state index >= 15 is 4.39 Å². The number of likely N-dealkylation sites (N-methyl/N-ethyl adjacent to an activating group) is 1. The molecule has 17 nitrogen and oxygen atoms in total. The molecule has 2 bridgehead atoms. The van der Waals surface area contributed by atoms with Crippen molar-refractivity contribution in [2.24, 2.45) is 5.92 Å². The van der Waals surface area contributed by atoms with E-state index in [1.165, 1.54) is 10.6 Å². The molecule has 404 valence electrons. The summed E-state index contributed by atoms with van der Waals surface area (Å²) in [6.45, 7) is 12.2. The fourth-order valence-electron chi connectivity index (χ4n) is 12.8. The predicted octanol–water partition coefficient (Wildman–Crippen LogP) is 6.88. The number of amides is 1. The number of phenolic OH excluding ortho intramolecular Hbond substituents is 2. The van der Waals surface area contributed by atoms with Crippen LogP contribution in [0.2, 0.25) is 0 Å². The number of aromatic amines is 1. The first-order chi connectivity index (χ1) is 37.9. The minimum absolute atomic E-state index is 0.00556. The van der Waals surface area contributed by atoms with Crippen molar-refractivity contribution < 1.29 is 24.1 Å². The number of fused-ring (bicyclic) bond motifs is 4. The second-order valence-electron chi connectivity index (χ2n) is 22.4. The lowest BCUT2D eigenvalue weighted by Gasteiger charge is -2.40. The summed E-state index contributed by atoms with van der Waals surface area (Å²) < 4.78 is 25.0. The van der Waals surface area contributed by atoms with Crippen molar-refractivity contribution in [3.05, 3.63) is 112 Å². The van der Waals surface area contributed by atoms with Crippen LogP contribution >= 0.6 is 0 Å². The van der Waals surface area contributed by atoms with Gasteiger partial charge in [0.25, 0.3) is 0 Å².